The molecule has 1 aromatic heterocycles. The number of para-hydroxylation sites is 2. The Kier molecular flexibility index (Phi) is 5.86. The standard InChI is InChI=1S/C24H27N3O/c28-24(20-13-5-2-6-14-20)25-18-23-26-21-15-7-8-16-22(21)27(23)17-9-12-19-10-3-1-4-11-19/h1,3-4,7-12,15-16,20H,2,5-6,13-14,17-18H2,(H,25,28)/b12-9+. The van der Waals surface area contributed by atoms with Gasteiger partial charge in [-0.15, -0.1) is 0 Å². The zero-order valence-electron chi connectivity index (χ0n) is 16.2. The van der Waals surface area contributed by atoms with Gasteiger partial charge in [-0.2, -0.15) is 0 Å². The molecular weight excluding hydrogens is 346 g/mol. The van der Waals surface area contributed by atoms with Crippen LogP contribution in [0.5, 0.6) is 0 Å². The minimum absolute atomic E-state index is 0.171. The molecule has 1 aliphatic rings. The van der Waals surface area contributed by atoms with Crippen molar-refractivity contribution in [1.82, 2.24) is 14.9 Å². The van der Waals surface area contributed by atoms with Crippen molar-refractivity contribution in [1.29, 1.82) is 0 Å². The number of nitrogens with one attached hydrogen (secondary N) is 1. The molecule has 0 saturated heterocycles. The van der Waals surface area contributed by atoms with E-state index in [2.05, 4.69) is 40.2 Å². The van der Waals surface area contributed by atoms with Gasteiger partial charge in [0.1, 0.15) is 5.82 Å². The van der Waals surface area contributed by atoms with Gasteiger partial charge in [-0.1, -0.05) is 73.9 Å². The van der Waals surface area contributed by atoms with Gasteiger partial charge < -0.3 is 9.88 Å². The number of amides is 1. The fourth-order valence-corrected chi connectivity index (χ4v) is 4.00. The van der Waals surface area contributed by atoms with Crippen LogP contribution in [0.2, 0.25) is 0 Å². The van der Waals surface area contributed by atoms with Gasteiger partial charge in [-0.3, -0.25) is 4.79 Å². The Balaban J connectivity index is 1.50. The molecule has 1 heterocycles. The monoisotopic (exact) mass is 373 g/mol. The highest BCUT2D eigenvalue weighted by Gasteiger charge is 2.21. The van der Waals surface area contributed by atoms with Gasteiger partial charge in [0.05, 0.1) is 17.6 Å². The molecule has 0 unspecified atom stereocenters. The number of aromatic nitrogens is 2. The highest BCUT2D eigenvalue weighted by atomic mass is 16.1. The average Bonchev–Trinajstić information content (AvgIpc) is 3.11. The number of benzene rings is 2. The zero-order chi connectivity index (χ0) is 19.2. The second-order valence-corrected chi connectivity index (χ2v) is 7.49. The molecule has 0 radical (unpaired) electrons. The van der Waals surface area contributed by atoms with Gasteiger partial charge in [-0.25, -0.2) is 4.98 Å². The predicted molar refractivity (Wildman–Crippen MR) is 114 cm³/mol. The minimum Gasteiger partial charge on any atom is -0.349 e. The molecule has 1 amide bonds. The fourth-order valence-electron chi connectivity index (χ4n) is 4.00. The van der Waals surface area contributed by atoms with Crippen molar-refractivity contribution in [2.75, 3.05) is 0 Å². The van der Waals surface area contributed by atoms with Crippen LogP contribution in [-0.2, 0) is 17.9 Å². The number of carbonyl (C=O) groups excluding carboxylic acids is 1. The maximum absolute atomic E-state index is 12.5. The topological polar surface area (TPSA) is 46.9 Å². The van der Waals surface area contributed by atoms with Crippen LogP contribution < -0.4 is 5.32 Å². The Bertz CT molecular complexity index is 952. The maximum Gasteiger partial charge on any atom is 0.223 e. The van der Waals surface area contributed by atoms with Gasteiger partial charge in [0.2, 0.25) is 5.91 Å². The van der Waals surface area contributed by atoms with Crippen molar-refractivity contribution in [3.05, 3.63) is 72.1 Å². The molecule has 1 fully saturated rings. The second kappa shape index (κ2) is 8.87. The first-order chi connectivity index (χ1) is 13.8. The maximum atomic E-state index is 12.5. The number of allylic oxidation sites excluding steroid dienone is 1. The third kappa shape index (κ3) is 4.33. The van der Waals surface area contributed by atoms with E-state index in [0.29, 0.717) is 6.54 Å². The number of hydrogen-bond acceptors (Lipinski definition) is 2. The summed E-state index contributed by atoms with van der Waals surface area (Å²) in [6.07, 6.45) is 9.90. The fraction of sp³-hybridized carbons (Fsp3) is 0.333. The lowest BCUT2D eigenvalue weighted by atomic mass is 9.89. The van der Waals surface area contributed by atoms with Crippen molar-refractivity contribution < 1.29 is 4.79 Å². The van der Waals surface area contributed by atoms with E-state index in [1.807, 2.05) is 36.4 Å². The molecule has 1 saturated carbocycles. The number of fused-ring (bicyclic) bond motifs is 1. The van der Waals surface area contributed by atoms with Crippen LogP contribution in [0, 0.1) is 5.92 Å². The summed E-state index contributed by atoms with van der Waals surface area (Å²) in [7, 11) is 0. The SMILES string of the molecule is O=C(NCc1nc2ccccc2n1C/C=C/c1ccccc1)C1CCCCC1. The molecule has 144 valence electrons. The summed E-state index contributed by atoms with van der Waals surface area (Å²) >= 11 is 0. The van der Waals surface area contributed by atoms with Crippen molar-refractivity contribution >= 4 is 23.0 Å². The Morgan fingerprint density at radius 1 is 1.04 bits per heavy atom. The Labute approximate surface area is 166 Å². The summed E-state index contributed by atoms with van der Waals surface area (Å²) in [6, 6.07) is 18.4. The number of nitrogens with zero attached hydrogens (tertiary/aromatic N) is 2. The summed E-state index contributed by atoms with van der Waals surface area (Å²) in [4.78, 5) is 17.3. The summed E-state index contributed by atoms with van der Waals surface area (Å²) in [5, 5.41) is 3.13. The average molecular weight is 374 g/mol. The van der Waals surface area contributed by atoms with Crippen LogP contribution in [0.3, 0.4) is 0 Å². The second-order valence-electron chi connectivity index (χ2n) is 7.49. The van der Waals surface area contributed by atoms with Crippen LogP contribution >= 0.6 is 0 Å². The van der Waals surface area contributed by atoms with E-state index in [9.17, 15) is 4.79 Å². The third-order valence-corrected chi connectivity index (χ3v) is 5.53. The van der Waals surface area contributed by atoms with E-state index < -0.39 is 0 Å². The van der Waals surface area contributed by atoms with Crippen LogP contribution in [0.15, 0.2) is 60.7 Å². The van der Waals surface area contributed by atoms with E-state index in [0.717, 1.165) is 36.2 Å². The van der Waals surface area contributed by atoms with Gasteiger partial charge in [-0.05, 0) is 30.5 Å². The Morgan fingerprint density at radius 2 is 1.79 bits per heavy atom. The third-order valence-electron chi connectivity index (χ3n) is 5.53. The van der Waals surface area contributed by atoms with Gasteiger partial charge in [0, 0.05) is 12.5 Å². The Morgan fingerprint density at radius 3 is 2.61 bits per heavy atom. The van der Waals surface area contributed by atoms with Crippen LogP contribution in [0.4, 0.5) is 0 Å². The lowest BCUT2D eigenvalue weighted by molar-refractivity contribution is -0.126. The molecule has 4 nitrogen and oxygen atoms in total. The van der Waals surface area contributed by atoms with E-state index in [4.69, 9.17) is 4.98 Å². The Hall–Kier alpha value is -2.88. The quantitative estimate of drug-likeness (QED) is 0.665. The molecule has 0 spiro atoms. The van der Waals surface area contributed by atoms with E-state index in [-0.39, 0.29) is 11.8 Å². The first-order valence-corrected chi connectivity index (χ1v) is 10.2. The number of rotatable bonds is 6. The molecule has 3 aromatic rings. The van der Waals surface area contributed by atoms with Gasteiger partial charge in [0.15, 0.2) is 0 Å². The molecule has 28 heavy (non-hydrogen) atoms. The number of imidazole rings is 1. The molecule has 0 atom stereocenters. The van der Waals surface area contributed by atoms with Crippen LogP contribution in [-0.4, -0.2) is 15.5 Å². The lowest BCUT2D eigenvalue weighted by Crippen LogP contribution is -2.32. The molecule has 1 aliphatic carbocycles. The highest BCUT2D eigenvalue weighted by molar-refractivity contribution is 5.79. The zero-order valence-corrected chi connectivity index (χ0v) is 16.2. The molecule has 1 N–H and O–H groups in total. The number of hydrogen-bond donors (Lipinski definition) is 1. The highest BCUT2D eigenvalue weighted by Crippen LogP contribution is 2.24. The predicted octanol–water partition coefficient (Wildman–Crippen LogP) is 4.95. The van der Waals surface area contributed by atoms with E-state index in [1.54, 1.807) is 0 Å². The molecule has 4 heteroatoms. The largest absolute Gasteiger partial charge is 0.349 e. The summed E-state index contributed by atoms with van der Waals surface area (Å²) in [5.74, 6) is 1.26. The smallest absolute Gasteiger partial charge is 0.223 e. The normalized spacial score (nSPS) is 15.3. The van der Waals surface area contributed by atoms with E-state index in [1.165, 1.54) is 24.8 Å². The molecule has 4 rings (SSSR count). The summed E-state index contributed by atoms with van der Waals surface area (Å²) in [5.41, 5.74) is 3.25. The first kappa shape index (κ1) is 18.5. The lowest BCUT2D eigenvalue weighted by Gasteiger charge is -2.20. The van der Waals surface area contributed by atoms with Gasteiger partial charge >= 0.3 is 0 Å². The van der Waals surface area contributed by atoms with Crippen LogP contribution in [0.25, 0.3) is 17.1 Å². The van der Waals surface area contributed by atoms with Gasteiger partial charge in [0.25, 0.3) is 0 Å². The van der Waals surface area contributed by atoms with E-state index >= 15 is 0 Å². The summed E-state index contributed by atoms with van der Waals surface area (Å²) < 4.78 is 2.19. The molecule has 2 aromatic carbocycles. The van der Waals surface area contributed by atoms with Crippen molar-refractivity contribution in [2.24, 2.45) is 5.92 Å². The minimum atomic E-state index is 0.171. The van der Waals surface area contributed by atoms with Crippen molar-refractivity contribution in [2.45, 2.75) is 45.2 Å². The van der Waals surface area contributed by atoms with Crippen molar-refractivity contribution in [3.63, 3.8) is 0 Å². The molecular formula is C24H27N3O. The molecule has 0 bridgehead atoms. The van der Waals surface area contributed by atoms with Crippen molar-refractivity contribution in [3.8, 4) is 0 Å². The first-order valence-electron chi connectivity index (χ1n) is 10.2. The summed E-state index contributed by atoms with van der Waals surface area (Å²) in [6.45, 7) is 1.20. The number of carbonyl (C=O) groups is 1. The molecule has 0 aliphatic heterocycles. The van der Waals surface area contributed by atoms with Crippen LogP contribution in [0.1, 0.15) is 43.5 Å².